The summed E-state index contributed by atoms with van der Waals surface area (Å²) >= 11 is 0. The molecule has 0 amide bonds. The van der Waals surface area contributed by atoms with Gasteiger partial charge in [0.1, 0.15) is 11.5 Å². The van der Waals surface area contributed by atoms with Crippen LogP contribution in [0.3, 0.4) is 0 Å². The Bertz CT molecular complexity index is 1830. The molecule has 3 nitrogen and oxygen atoms in total. The van der Waals surface area contributed by atoms with Crippen LogP contribution in [0.5, 0.6) is 11.5 Å². The predicted octanol–water partition coefficient (Wildman–Crippen LogP) is 7.32. The van der Waals surface area contributed by atoms with Gasteiger partial charge in [0.25, 0.3) is 0 Å². The Morgan fingerprint density at radius 1 is 0.474 bits per heavy atom. The summed E-state index contributed by atoms with van der Waals surface area (Å²) in [4.78, 5) is 0. The molecule has 0 aromatic heterocycles. The molecule has 1 atom stereocenters. The van der Waals surface area contributed by atoms with Gasteiger partial charge in [-0.15, -0.1) is 0 Å². The Balaban J connectivity index is 1.84. The molecule has 6 aromatic carbocycles. The highest BCUT2D eigenvalue weighted by Gasteiger charge is 2.36. The highest BCUT2D eigenvalue weighted by Crippen LogP contribution is 2.51. The Morgan fingerprint density at radius 3 is 1.71 bits per heavy atom. The number of para-hydroxylation sites is 1. The van der Waals surface area contributed by atoms with Crippen LogP contribution in [0.15, 0.2) is 127 Å². The molecule has 0 fully saturated rings. The maximum atomic E-state index is 15.9. The van der Waals surface area contributed by atoms with E-state index < -0.39 is 7.14 Å². The van der Waals surface area contributed by atoms with E-state index in [1.54, 1.807) is 14.2 Å². The van der Waals surface area contributed by atoms with E-state index in [1.807, 2.05) is 91.0 Å². The third-order valence-corrected chi connectivity index (χ3v) is 10.3. The monoisotopic (exact) mass is 514 g/mol. The van der Waals surface area contributed by atoms with Crippen LogP contribution in [0.25, 0.3) is 32.7 Å². The van der Waals surface area contributed by atoms with Crippen LogP contribution in [0, 0.1) is 0 Å². The number of rotatable bonds is 6. The molecule has 0 aliphatic carbocycles. The fourth-order valence-corrected chi connectivity index (χ4v) is 8.41. The lowest BCUT2D eigenvalue weighted by molar-refractivity contribution is 0.417. The average Bonchev–Trinajstić information content (AvgIpc) is 3.00. The molecule has 0 saturated heterocycles. The number of hydrogen-bond acceptors (Lipinski definition) is 3. The maximum absolute atomic E-state index is 15.9. The first kappa shape index (κ1) is 24.0. The topological polar surface area (TPSA) is 35.5 Å². The van der Waals surface area contributed by atoms with Gasteiger partial charge in [-0.2, -0.15) is 0 Å². The lowest BCUT2D eigenvalue weighted by Gasteiger charge is -2.26. The second kappa shape index (κ2) is 9.85. The molecule has 1 unspecified atom stereocenters. The SMILES string of the molecule is COc1ccccc1P(=O)(c1ccccc1)c1ccc2ccccc2c1-c1c(OC)ccc2ccccc12. The van der Waals surface area contributed by atoms with Crippen molar-refractivity contribution in [3.63, 3.8) is 0 Å². The highest BCUT2D eigenvalue weighted by atomic mass is 31.2. The molecule has 38 heavy (non-hydrogen) atoms. The quantitative estimate of drug-likeness (QED) is 0.219. The zero-order valence-electron chi connectivity index (χ0n) is 21.3. The van der Waals surface area contributed by atoms with Crippen molar-refractivity contribution in [1.29, 1.82) is 0 Å². The number of hydrogen-bond donors (Lipinski definition) is 0. The summed E-state index contributed by atoms with van der Waals surface area (Å²) in [5.74, 6) is 1.34. The second-order valence-electron chi connectivity index (χ2n) is 9.16. The minimum absolute atomic E-state index is 0.601. The molecule has 0 radical (unpaired) electrons. The van der Waals surface area contributed by atoms with Crippen LogP contribution in [-0.2, 0) is 4.57 Å². The van der Waals surface area contributed by atoms with Crippen molar-refractivity contribution in [2.45, 2.75) is 0 Å². The first-order valence-electron chi connectivity index (χ1n) is 12.5. The molecule has 6 rings (SSSR count). The van der Waals surface area contributed by atoms with Crippen LogP contribution in [0.1, 0.15) is 0 Å². The average molecular weight is 515 g/mol. The molecule has 0 aliphatic rings. The lowest BCUT2D eigenvalue weighted by atomic mass is 9.93. The van der Waals surface area contributed by atoms with E-state index in [1.165, 1.54) is 0 Å². The van der Waals surface area contributed by atoms with Gasteiger partial charge < -0.3 is 14.0 Å². The van der Waals surface area contributed by atoms with Crippen molar-refractivity contribution in [2.24, 2.45) is 0 Å². The van der Waals surface area contributed by atoms with Crippen molar-refractivity contribution >= 4 is 44.6 Å². The summed E-state index contributed by atoms with van der Waals surface area (Å²) < 4.78 is 27.6. The normalized spacial score (nSPS) is 12.8. The fourth-order valence-electron chi connectivity index (χ4n) is 5.40. The highest BCUT2D eigenvalue weighted by molar-refractivity contribution is 7.85. The molecule has 0 bridgehead atoms. The fraction of sp³-hybridized carbons (Fsp3) is 0.0588. The number of methoxy groups -OCH3 is 2. The van der Waals surface area contributed by atoms with E-state index in [9.17, 15) is 0 Å². The Labute approximate surface area is 222 Å². The van der Waals surface area contributed by atoms with Crippen LogP contribution in [0.4, 0.5) is 0 Å². The van der Waals surface area contributed by atoms with Gasteiger partial charge >= 0.3 is 0 Å². The molecular formula is C34H27O3P. The van der Waals surface area contributed by atoms with Gasteiger partial charge in [-0.1, -0.05) is 103 Å². The third-order valence-electron chi connectivity index (χ3n) is 7.15. The van der Waals surface area contributed by atoms with E-state index in [0.29, 0.717) is 11.1 Å². The summed E-state index contributed by atoms with van der Waals surface area (Å²) in [6, 6.07) is 42.1. The predicted molar refractivity (Wildman–Crippen MR) is 159 cm³/mol. The largest absolute Gasteiger partial charge is 0.496 e. The maximum Gasteiger partial charge on any atom is 0.175 e. The second-order valence-corrected chi connectivity index (χ2v) is 11.9. The van der Waals surface area contributed by atoms with Crippen molar-refractivity contribution in [3.05, 3.63) is 127 Å². The first-order valence-corrected chi connectivity index (χ1v) is 14.2. The third kappa shape index (κ3) is 3.79. The molecule has 6 aromatic rings. The minimum atomic E-state index is -3.43. The number of fused-ring (bicyclic) bond motifs is 2. The van der Waals surface area contributed by atoms with E-state index in [4.69, 9.17) is 9.47 Å². The Kier molecular flexibility index (Phi) is 6.23. The van der Waals surface area contributed by atoms with Gasteiger partial charge in [-0.3, -0.25) is 0 Å². The van der Waals surface area contributed by atoms with Gasteiger partial charge in [0, 0.05) is 21.7 Å². The Morgan fingerprint density at radius 2 is 1.03 bits per heavy atom. The van der Waals surface area contributed by atoms with Gasteiger partial charge in [0.15, 0.2) is 7.14 Å². The van der Waals surface area contributed by atoms with E-state index in [2.05, 4.69) is 36.4 Å². The smallest absolute Gasteiger partial charge is 0.175 e. The van der Waals surface area contributed by atoms with Crippen LogP contribution >= 0.6 is 7.14 Å². The van der Waals surface area contributed by atoms with Gasteiger partial charge in [-0.25, -0.2) is 0 Å². The summed E-state index contributed by atoms with van der Waals surface area (Å²) in [6.07, 6.45) is 0. The summed E-state index contributed by atoms with van der Waals surface area (Å²) in [5.41, 5.74) is 1.85. The van der Waals surface area contributed by atoms with Crippen molar-refractivity contribution in [1.82, 2.24) is 0 Å². The first-order chi connectivity index (χ1) is 18.7. The van der Waals surface area contributed by atoms with Gasteiger partial charge in [-0.05, 0) is 45.8 Å². The molecule has 0 aliphatic heterocycles. The molecule has 0 heterocycles. The van der Waals surface area contributed by atoms with Gasteiger partial charge in [0.05, 0.1) is 19.5 Å². The minimum Gasteiger partial charge on any atom is -0.496 e. The van der Waals surface area contributed by atoms with E-state index in [-0.39, 0.29) is 0 Å². The number of benzene rings is 6. The van der Waals surface area contributed by atoms with Crippen molar-refractivity contribution < 1.29 is 14.0 Å². The lowest BCUT2D eigenvalue weighted by Crippen LogP contribution is -2.27. The zero-order chi connectivity index (χ0) is 26.1. The number of ether oxygens (including phenoxy) is 2. The molecule has 4 heteroatoms. The Hall–Kier alpha value is -4.33. The summed E-state index contributed by atoms with van der Waals surface area (Å²) in [5, 5.41) is 6.40. The van der Waals surface area contributed by atoms with E-state index >= 15 is 4.57 Å². The summed E-state index contributed by atoms with van der Waals surface area (Å²) in [7, 11) is -0.109. The van der Waals surface area contributed by atoms with Gasteiger partial charge in [0.2, 0.25) is 0 Å². The summed E-state index contributed by atoms with van der Waals surface area (Å²) in [6.45, 7) is 0. The van der Waals surface area contributed by atoms with Crippen molar-refractivity contribution in [3.8, 4) is 22.6 Å². The molecule has 186 valence electrons. The molecule has 0 spiro atoms. The standard InChI is InChI=1S/C34H27O3P/c1-36-29-18-10-11-19-31(29)38(35,26-14-4-3-5-15-26)32-23-21-25-13-7-9-17-28(25)34(32)33-27-16-8-6-12-24(27)20-22-30(33)37-2/h3-23H,1-2H3. The molecule has 0 N–H and O–H groups in total. The van der Waals surface area contributed by atoms with Crippen LogP contribution < -0.4 is 25.4 Å². The van der Waals surface area contributed by atoms with Crippen LogP contribution in [-0.4, -0.2) is 14.2 Å². The van der Waals surface area contributed by atoms with Crippen LogP contribution in [0.2, 0.25) is 0 Å². The molecule has 0 saturated carbocycles. The molecular weight excluding hydrogens is 487 g/mol. The van der Waals surface area contributed by atoms with Crippen molar-refractivity contribution in [2.75, 3.05) is 14.2 Å². The van der Waals surface area contributed by atoms with E-state index in [0.717, 1.165) is 49.0 Å². The zero-order valence-corrected chi connectivity index (χ0v) is 22.2.